The molecule has 0 unspecified atom stereocenters. The average molecular weight is 530 g/mol. The topological polar surface area (TPSA) is 120 Å². The normalized spacial score (nSPS) is 21.8. The summed E-state index contributed by atoms with van der Waals surface area (Å²) in [7, 11) is 0. The molecule has 0 spiro atoms. The van der Waals surface area contributed by atoms with E-state index in [0.717, 1.165) is 14.7 Å². The Morgan fingerprint density at radius 3 is 2.69 bits per heavy atom. The Kier molecular flexibility index (Phi) is 6.49. The van der Waals surface area contributed by atoms with Crippen LogP contribution in [0.4, 0.5) is 4.79 Å². The fourth-order valence-corrected chi connectivity index (χ4v) is 6.66. The number of aliphatic hydroxyl groups is 1. The van der Waals surface area contributed by atoms with Gasteiger partial charge in [0.25, 0.3) is 0 Å². The van der Waals surface area contributed by atoms with Crippen LogP contribution in [-0.2, 0) is 19.1 Å². The van der Waals surface area contributed by atoms with Crippen molar-refractivity contribution in [2.45, 2.75) is 31.0 Å². The molecule has 2 aromatic heterocycles. The molecule has 0 saturated carbocycles. The molecule has 1 N–H and O–H groups in total. The van der Waals surface area contributed by atoms with E-state index in [-0.39, 0.29) is 29.3 Å². The van der Waals surface area contributed by atoms with Gasteiger partial charge in [0.2, 0.25) is 12.7 Å². The van der Waals surface area contributed by atoms with Crippen LogP contribution < -0.4 is 4.74 Å². The van der Waals surface area contributed by atoms with E-state index >= 15 is 0 Å². The molecule has 0 radical (unpaired) electrons. The molecule has 10 nitrogen and oxygen atoms in total. The van der Waals surface area contributed by atoms with Gasteiger partial charge in [-0.05, 0) is 25.3 Å². The molecule has 0 aliphatic carbocycles. The average Bonchev–Trinajstić information content (AvgIpc) is 3.49. The van der Waals surface area contributed by atoms with Gasteiger partial charge in [0.05, 0.1) is 22.9 Å². The summed E-state index contributed by atoms with van der Waals surface area (Å²) in [5, 5.41) is 11.1. The van der Waals surface area contributed by atoms with E-state index in [1.807, 2.05) is 23.8 Å². The van der Waals surface area contributed by atoms with Crippen LogP contribution in [0.5, 0.6) is 5.75 Å². The maximum Gasteiger partial charge on any atom is 0.516 e. The third-order valence-corrected chi connectivity index (χ3v) is 8.27. The summed E-state index contributed by atoms with van der Waals surface area (Å²) in [5.41, 5.74) is 0.742. The Labute approximate surface area is 214 Å². The van der Waals surface area contributed by atoms with Gasteiger partial charge in [-0.1, -0.05) is 25.1 Å². The standard InChI is InChI=1S/C24H23N3O7S2/c1-12-16(15-9-26-10-25-20(35-3)22(26)36-15)19(27-18(12)17(13(2)28)21(27)29)23(30)32-11-33-24(31)34-14-7-5-4-6-8-14/h4-10,12-13,17-18,28H,11H2,1-3H3/t12-,13+,17+,18+/m0/s1. The van der Waals surface area contributed by atoms with E-state index in [0.29, 0.717) is 5.57 Å². The van der Waals surface area contributed by atoms with Gasteiger partial charge in [-0.2, -0.15) is 0 Å². The van der Waals surface area contributed by atoms with Crippen molar-refractivity contribution in [3.8, 4) is 5.75 Å². The number of aliphatic hydroxyl groups excluding tert-OH is 1. The number of ether oxygens (including phenoxy) is 3. The van der Waals surface area contributed by atoms with Crippen LogP contribution in [0, 0.1) is 11.8 Å². The predicted molar refractivity (Wildman–Crippen MR) is 131 cm³/mol. The van der Waals surface area contributed by atoms with Gasteiger partial charge < -0.3 is 24.2 Å². The zero-order valence-corrected chi connectivity index (χ0v) is 21.2. The number of carbonyl (C=O) groups excluding carboxylic acids is 3. The highest BCUT2D eigenvalue weighted by Crippen LogP contribution is 2.52. The minimum Gasteiger partial charge on any atom is -0.423 e. The number of hydrogen-bond donors (Lipinski definition) is 1. The summed E-state index contributed by atoms with van der Waals surface area (Å²) in [5.74, 6) is -1.71. The molecule has 4 atom stereocenters. The highest BCUT2D eigenvalue weighted by atomic mass is 32.2. The Balaban J connectivity index is 1.39. The van der Waals surface area contributed by atoms with Gasteiger partial charge in [0.15, 0.2) is 0 Å². The van der Waals surface area contributed by atoms with Crippen LogP contribution in [0.2, 0.25) is 0 Å². The molecule has 12 heteroatoms. The van der Waals surface area contributed by atoms with Crippen molar-refractivity contribution in [2.24, 2.45) is 11.8 Å². The van der Waals surface area contributed by atoms with Crippen LogP contribution in [0.3, 0.4) is 0 Å². The van der Waals surface area contributed by atoms with E-state index < -0.39 is 30.9 Å². The van der Waals surface area contributed by atoms with Crippen LogP contribution in [-0.4, -0.2) is 62.6 Å². The van der Waals surface area contributed by atoms with E-state index in [2.05, 4.69) is 4.98 Å². The summed E-state index contributed by atoms with van der Waals surface area (Å²) in [6, 6.07) is 7.96. The van der Waals surface area contributed by atoms with Crippen molar-refractivity contribution in [1.29, 1.82) is 0 Å². The number of aromatic nitrogens is 2. The van der Waals surface area contributed by atoms with Gasteiger partial charge in [0.1, 0.15) is 27.6 Å². The number of fused-ring (bicyclic) bond motifs is 2. The fourth-order valence-electron chi connectivity index (χ4n) is 4.74. The largest absolute Gasteiger partial charge is 0.516 e. The van der Waals surface area contributed by atoms with Crippen molar-refractivity contribution in [3.63, 3.8) is 0 Å². The number of amides is 1. The lowest BCUT2D eigenvalue weighted by molar-refractivity contribution is -0.166. The second kappa shape index (κ2) is 9.60. The molecule has 36 heavy (non-hydrogen) atoms. The van der Waals surface area contributed by atoms with E-state index in [4.69, 9.17) is 14.2 Å². The summed E-state index contributed by atoms with van der Waals surface area (Å²) in [6.45, 7) is 2.81. The highest BCUT2D eigenvalue weighted by Gasteiger charge is 2.60. The number of esters is 1. The predicted octanol–water partition coefficient (Wildman–Crippen LogP) is 3.40. The number of thioether (sulfide) groups is 1. The quantitative estimate of drug-likeness (QED) is 0.161. The first-order valence-electron chi connectivity index (χ1n) is 11.1. The minimum atomic E-state index is -1.03. The van der Waals surface area contributed by atoms with Gasteiger partial charge in [-0.15, -0.1) is 23.1 Å². The van der Waals surface area contributed by atoms with Crippen molar-refractivity contribution in [1.82, 2.24) is 14.3 Å². The number of hydrogen-bond acceptors (Lipinski definition) is 10. The smallest absolute Gasteiger partial charge is 0.423 e. The summed E-state index contributed by atoms with van der Waals surface area (Å²) >= 11 is 2.97. The summed E-state index contributed by atoms with van der Waals surface area (Å²) < 4.78 is 17.0. The molecule has 5 rings (SSSR count). The number of imidazole rings is 1. The molecule has 1 aromatic carbocycles. The maximum absolute atomic E-state index is 13.2. The molecule has 2 aliphatic rings. The summed E-state index contributed by atoms with van der Waals surface area (Å²) in [4.78, 5) is 45.5. The number of carbonyl (C=O) groups is 3. The second-order valence-corrected chi connectivity index (χ2v) is 10.3. The van der Waals surface area contributed by atoms with Gasteiger partial charge in [-0.25, -0.2) is 14.6 Å². The number of rotatable bonds is 7. The molecule has 1 saturated heterocycles. The van der Waals surface area contributed by atoms with E-state index in [9.17, 15) is 19.5 Å². The van der Waals surface area contributed by atoms with E-state index in [1.165, 1.54) is 28.0 Å². The lowest BCUT2D eigenvalue weighted by atomic mass is 9.77. The first kappa shape index (κ1) is 24.3. The molecule has 188 valence electrons. The van der Waals surface area contributed by atoms with Crippen LogP contribution in [0.1, 0.15) is 18.7 Å². The number of β-lactam (4-membered cyclic amide) rings is 1. The van der Waals surface area contributed by atoms with Crippen LogP contribution >= 0.6 is 23.1 Å². The fraction of sp³-hybridized carbons (Fsp3) is 0.333. The molecular weight excluding hydrogens is 506 g/mol. The number of nitrogens with zero attached hydrogens (tertiary/aromatic N) is 3. The molecule has 1 fully saturated rings. The maximum atomic E-state index is 13.2. The third-order valence-electron chi connectivity index (χ3n) is 6.32. The molecule has 4 heterocycles. The van der Waals surface area contributed by atoms with Crippen molar-refractivity contribution in [3.05, 3.63) is 53.4 Å². The summed E-state index contributed by atoms with van der Waals surface area (Å²) in [6.07, 6.45) is 3.61. The Morgan fingerprint density at radius 1 is 1.25 bits per heavy atom. The highest BCUT2D eigenvalue weighted by molar-refractivity contribution is 7.98. The van der Waals surface area contributed by atoms with Gasteiger partial charge in [-0.3, -0.25) is 9.20 Å². The van der Waals surface area contributed by atoms with Gasteiger partial charge in [0, 0.05) is 17.7 Å². The first-order chi connectivity index (χ1) is 17.3. The zero-order valence-electron chi connectivity index (χ0n) is 19.6. The number of para-hydroxylation sites is 1. The minimum absolute atomic E-state index is 0.0950. The molecule has 1 amide bonds. The van der Waals surface area contributed by atoms with Crippen molar-refractivity contribution >= 4 is 51.5 Å². The SMILES string of the molecule is CSc1ncn2cc(C3=C(C(=O)OCOC(=O)Oc4ccccc4)N4C(=O)[C@H]([C@@H](C)O)[C@H]4[C@H]3C)sc12. The van der Waals surface area contributed by atoms with E-state index in [1.54, 1.807) is 43.6 Å². The van der Waals surface area contributed by atoms with Crippen molar-refractivity contribution in [2.75, 3.05) is 13.0 Å². The zero-order chi connectivity index (χ0) is 25.6. The molecular formula is C24H23N3O7S2. The van der Waals surface area contributed by atoms with Gasteiger partial charge >= 0.3 is 12.1 Å². The molecule has 3 aromatic rings. The van der Waals surface area contributed by atoms with Crippen molar-refractivity contribution < 1.29 is 33.7 Å². The second-order valence-electron chi connectivity index (χ2n) is 8.44. The number of thiazole rings is 1. The lowest BCUT2D eigenvalue weighted by Gasteiger charge is -2.46. The lowest BCUT2D eigenvalue weighted by Crippen LogP contribution is -2.63. The monoisotopic (exact) mass is 529 g/mol. The van der Waals surface area contributed by atoms with Crippen LogP contribution in [0.25, 0.3) is 10.4 Å². The Hall–Kier alpha value is -3.35. The molecule has 0 bridgehead atoms. The molecule has 2 aliphatic heterocycles. The first-order valence-corrected chi connectivity index (χ1v) is 13.2. The van der Waals surface area contributed by atoms with Crippen LogP contribution in [0.15, 0.2) is 53.6 Å². The third kappa shape index (κ3) is 4.04. The number of benzene rings is 1. The Morgan fingerprint density at radius 2 is 2.00 bits per heavy atom. The Bertz CT molecular complexity index is 1360.